The third-order valence-corrected chi connectivity index (χ3v) is 4.55. The molecule has 2 unspecified atom stereocenters. The van der Waals surface area contributed by atoms with Gasteiger partial charge in [-0.2, -0.15) is 11.8 Å². The van der Waals surface area contributed by atoms with Gasteiger partial charge in [0.15, 0.2) is 0 Å². The van der Waals surface area contributed by atoms with E-state index in [0.29, 0.717) is 12.6 Å². The molecule has 1 aromatic rings. The molecule has 0 aliphatic heterocycles. The fourth-order valence-electron chi connectivity index (χ4n) is 2.54. The van der Waals surface area contributed by atoms with Crippen molar-refractivity contribution in [2.24, 2.45) is 5.73 Å². The van der Waals surface area contributed by atoms with Crippen LogP contribution in [-0.2, 0) is 0 Å². The third kappa shape index (κ3) is 5.53. The molecular weight excluding hydrogens is 280 g/mol. The van der Waals surface area contributed by atoms with Crippen LogP contribution in [0.15, 0.2) is 24.3 Å². The molecular formula is C17H30N2OS. The summed E-state index contributed by atoms with van der Waals surface area (Å²) in [5.74, 6) is 2.08. The average Bonchev–Trinajstić information content (AvgIpc) is 2.51. The number of hydrogen-bond donors (Lipinski definition) is 1. The van der Waals surface area contributed by atoms with E-state index in [1.807, 2.05) is 17.8 Å². The van der Waals surface area contributed by atoms with Gasteiger partial charge in [0.25, 0.3) is 0 Å². The highest BCUT2D eigenvalue weighted by atomic mass is 32.2. The van der Waals surface area contributed by atoms with Crippen LogP contribution in [0.1, 0.15) is 38.3 Å². The standard InChI is InChI=1S/C17H30N2OS/c1-5-10-20-16-9-7-8-14(11-16)17(12-18)19(3)15(6-2)13-21-4/h7-9,11,15,17H,5-6,10,12-13,18H2,1-4H3. The van der Waals surface area contributed by atoms with Crippen LogP contribution in [-0.4, -0.2) is 43.1 Å². The minimum absolute atomic E-state index is 0.243. The van der Waals surface area contributed by atoms with Crippen molar-refractivity contribution in [3.63, 3.8) is 0 Å². The molecule has 0 aliphatic carbocycles. The van der Waals surface area contributed by atoms with Crippen LogP contribution < -0.4 is 10.5 Å². The second-order valence-corrected chi connectivity index (χ2v) is 6.27. The molecule has 0 aromatic heterocycles. The van der Waals surface area contributed by atoms with Gasteiger partial charge in [0.2, 0.25) is 0 Å². The molecule has 0 fully saturated rings. The van der Waals surface area contributed by atoms with Gasteiger partial charge in [0, 0.05) is 24.4 Å². The number of benzene rings is 1. The SMILES string of the molecule is CCCOc1cccc(C(CN)N(C)C(CC)CSC)c1. The van der Waals surface area contributed by atoms with Crippen LogP contribution in [0.3, 0.4) is 0 Å². The lowest BCUT2D eigenvalue weighted by atomic mass is 10.0. The Morgan fingerprint density at radius 1 is 1.33 bits per heavy atom. The van der Waals surface area contributed by atoms with E-state index in [2.05, 4.69) is 50.2 Å². The van der Waals surface area contributed by atoms with E-state index in [-0.39, 0.29) is 6.04 Å². The van der Waals surface area contributed by atoms with Crippen LogP contribution in [0.4, 0.5) is 0 Å². The molecule has 4 heteroatoms. The summed E-state index contributed by atoms with van der Waals surface area (Å²) >= 11 is 1.89. The van der Waals surface area contributed by atoms with E-state index in [0.717, 1.165) is 31.0 Å². The van der Waals surface area contributed by atoms with E-state index in [1.54, 1.807) is 0 Å². The lowest BCUT2D eigenvalue weighted by Gasteiger charge is -2.34. The first-order valence-electron chi connectivity index (χ1n) is 7.81. The van der Waals surface area contributed by atoms with E-state index in [1.165, 1.54) is 5.56 Å². The Labute approximate surface area is 134 Å². The van der Waals surface area contributed by atoms with Crippen LogP contribution in [0, 0.1) is 0 Å². The maximum atomic E-state index is 6.06. The minimum atomic E-state index is 0.243. The largest absolute Gasteiger partial charge is 0.494 e. The van der Waals surface area contributed by atoms with E-state index in [4.69, 9.17) is 10.5 Å². The highest BCUT2D eigenvalue weighted by Crippen LogP contribution is 2.26. The lowest BCUT2D eigenvalue weighted by molar-refractivity contribution is 0.187. The molecule has 2 atom stereocenters. The highest BCUT2D eigenvalue weighted by molar-refractivity contribution is 7.98. The maximum Gasteiger partial charge on any atom is 0.119 e. The summed E-state index contributed by atoms with van der Waals surface area (Å²) in [7, 11) is 2.18. The van der Waals surface area contributed by atoms with Gasteiger partial charge in [-0.3, -0.25) is 4.90 Å². The molecule has 0 heterocycles. The topological polar surface area (TPSA) is 38.5 Å². The van der Waals surface area contributed by atoms with Gasteiger partial charge in [-0.1, -0.05) is 26.0 Å². The molecule has 0 amide bonds. The van der Waals surface area contributed by atoms with Gasteiger partial charge in [-0.05, 0) is 43.8 Å². The molecule has 0 aliphatic rings. The predicted octanol–water partition coefficient (Wildman–Crippen LogP) is 3.55. The van der Waals surface area contributed by atoms with Gasteiger partial charge < -0.3 is 10.5 Å². The number of thioether (sulfide) groups is 1. The summed E-state index contributed by atoms with van der Waals surface area (Å²) in [6.45, 7) is 5.75. The number of hydrogen-bond acceptors (Lipinski definition) is 4. The summed E-state index contributed by atoms with van der Waals surface area (Å²) < 4.78 is 5.74. The molecule has 0 spiro atoms. The van der Waals surface area contributed by atoms with E-state index < -0.39 is 0 Å². The van der Waals surface area contributed by atoms with Crippen molar-refractivity contribution in [3.05, 3.63) is 29.8 Å². The zero-order chi connectivity index (χ0) is 15.7. The van der Waals surface area contributed by atoms with Crippen molar-refractivity contribution in [2.45, 2.75) is 38.8 Å². The van der Waals surface area contributed by atoms with Crippen LogP contribution in [0.25, 0.3) is 0 Å². The molecule has 21 heavy (non-hydrogen) atoms. The third-order valence-electron chi connectivity index (χ3n) is 3.84. The van der Waals surface area contributed by atoms with Crippen molar-refractivity contribution < 1.29 is 4.74 Å². The number of ether oxygens (including phenoxy) is 1. The molecule has 0 saturated carbocycles. The first-order valence-corrected chi connectivity index (χ1v) is 9.20. The van der Waals surface area contributed by atoms with Crippen molar-refractivity contribution in [2.75, 3.05) is 32.2 Å². The fourth-order valence-corrected chi connectivity index (χ4v) is 3.39. The van der Waals surface area contributed by atoms with Crippen molar-refractivity contribution in [3.8, 4) is 5.75 Å². The molecule has 0 radical (unpaired) electrons. The smallest absolute Gasteiger partial charge is 0.119 e. The molecule has 2 N–H and O–H groups in total. The van der Waals surface area contributed by atoms with Gasteiger partial charge >= 0.3 is 0 Å². The van der Waals surface area contributed by atoms with E-state index in [9.17, 15) is 0 Å². The minimum Gasteiger partial charge on any atom is -0.494 e. The van der Waals surface area contributed by atoms with Crippen LogP contribution in [0.5, 0.6) is 5.75 Å². The summed E-state index contributed by atoms with van der Waals surface area (Å²) in [4.78, 5) is 2.41. The fraction of sp³-hybridized carbons (Fsp3) is 0.647. The Morgan fingerprint density at radius 2 is 2.10 bits per heavy atom. The zero-order valence-electron chi connectivity index (χ0n) is 13.8. The average molecular weight is 311 g/mol. The van der Waals surface area contributed by atoms with E-state index >= 15 is 0 Å². The molecule has 1 aromatic carbocycles. The van der Waals surface area contributed by atoms with Crippen LogP contribution in [0.2, 0.25) is 0 Å². The second kappa shape index (κ2) is 10.1. The van der Waals surface area contributed by atoms with Gasteiger partial charge in [-0.25, -0.2) is 0 Å². The first kappa shape index (κ1) is 18.3. The lowest BCUT2D eigenvalue weighted by Crippen LogP contribution is -2.39. The summed E-state index contributed by atoms with van der Waals surface area (Å²) in [6.07, 6.45) is 4.32. The maximum absolute atomic E-state index is 6.06. The Morgan fingerprint density at radius 3 is 2.67 bits per heavy atom. The van der Waals surface area contributed by atoms with Crippen molar-refractivity contribution in [1.29, 1.82) is 0 Å². The van der Waals surface area contributed by atoms with Crippen molar-refractivity contribution in [1.82, 2.24) is 4.90 Å². The molecule has 0 bridgehead atoms. The Balaban J connectivity index is 2.87. The summed E-state index contributed by atoms with van der Waals surface area (Å²) in [5, 5.41) is 0. The quantitative estimate of drug-likeness (QED) is 0.717. The monoisotopic (exact) mass is 310 g/mol. The van der Waals surface area contributed by atoms with Gasteiger partial charge in [0.05, 0.1) is 6.61 Å². The molecule has 120 valence electrons. The molecule has 1 rings (SSSR count). The molecule has 3 nitrogen and oxygen atoms in total. The normalized spacial score (nSPS) is 14.2. The van der Waals surface area contributed by atoms with Gasteiger partial charge in [-0.15, -0.1) is 0 Å². The Bertz CT molecular complexity index is 400. The number of nitrogens with two attached hydrogens (primary N) is 1. The Hall–Kier alpha value is -0.710. The molecule has 0 saturated heterocycles. The Kier molecular flexibility index (Phi) is 8.81. The number of rotatable bonds is 10. The van der Waals surface area contributed by atoms with Crippen molar-refractivity contribution >= 4 is 11.8 Å². The number of likely N-dealkylation sites (N-methyl/N-ethyl adjacent to an activating group) is 1. The summed E-state index contributed by atoms with van der Waals surface area (Å²) in [5.41, 5.74) is 7.30. The predicted molar refractivity (Wildman–Crippen MR) is 94.2 cm³/mol. The zero-order valence-corrected chi connectivity index (χ0v) is 14.7. The first-order chi connectivity index (χ1) is 10.2. The van der Waals surface area contributed by atoms with Gasteiger partial charge in [0.1, 0.15) is 5.75 Å². The van der Waals surface area contributed by atoms with Crippen LogP contribution >= 0.6 is 11.8 Å². The summed E-state index contributed by atoms with van der Waals surface area (Å²) in [6, 6.07) is 9.16. The second-order valence-electron chi connectivity index (χ2n) is 5.36. The number of nitrogens with zero attached hydrogens (tertiary/aromatic N) is 1. The highest BCUT2D eigenvalue weighted by Gasteiger charge is 2.22.